The van der Waals surface area contributed by atoms with E-state index in [4.69, 9.17) is 5.41 Å². The Balaban J connectivity index is 0.000000461. The van der Waals surface area contributed by atoms with Gasteiger partial charge in [-0.25, -0.2) is 0 Å². The average Bonchev–Trinajstić information content (AvgIpc) is 2.93. The van der Waals surface area contributed by atoms with E-state index in [0.29, 0.717) is 0 Å². The van der Waals surface area contributed by atoms with E-state index in [2.05, 4.69) is 9.80 Å². The third kappa shape index (κ3) is 2.63. The third-order valence-corrected chi connectivity index (χ3v) is 2.81. The molecule has 0 aromatic rings. The molecule has 0 aliphatic carbocycles. The zero-order chi connectivity index (χ0) is 10.4. The van der Waals surface area contributed by atoms with Crippen LogP contribution in [-0.4, -0.2) is 41.9 Å². The largest absolute Gasteiger partial charge is 0.343 e. The van der Waals surface area contributed by atoms with E-state index >= 15 is 0 Å². The highest BCUT2D eigenvalue weighted by Crippen LogP contribution is 2.14. The van der Waals surface area contributed by atoms with Gasteiger partial charge in [-0.05, 0) is 25.7 Å². The Morgan fingerprint density at radius 1 is 0.786 bits per heavy atom. The predicted molar refractivity (Wildman–Crippen MR) is 60.7 cm³/mol. The van der Waals surface area contributed by atoms with E-state index in [0.717, 1.165) is 32.1 Å². The number of hydrogen-bond acceptors (Lipinski definition) is 1. The maximum absolute atomic E-state index is 7.94. The van der Waals surface area contributed by atoms with Crippen molar-refractivity contribution in [1.29, 1.82) is 5.41 Å². The fourth-order valence-corrected chi connectivity index (χ4v) is 2.06. The van der Waals surface area contributed by atoms with Crippen molar-refractivity contribution in [1.82, 2.24) is 9.80 Å². The van der Waals surface area contributed by atoms with E-state index < -0.39 is 0 Å². The molecule has 14 heavy (non-hydrogen) atoms. The molecule has 2 heterocycles. The number of likely N-dealkylation sites (tertiary alicyclic amines) is 2. The number of nitrogens with zero attached hydrogens (tertiary/aromatic N) is 2. The molecule has 82 valence electrons. The third-order valence-electron chi connectivity index (χ3n) is 2.81. The van der Waals surface area contributed by atoms with E-state index in [1.54, 1.807) is 0 Å². The Morgan fingerprint density at radius 3 is 1.36 bits per heavy atom. The topological polar surface area (TPSA) is 30.3 Å². The predicted octanol–water partition coefficient (Wildman–Crippen LogP) is 2.14. The molecule has 0 bridgehead atoms. The van der Waals surface area contributed by atoms with Crippen molar-refractivity contribution >= 4 is 5.96 Å². The van der Waals surface area contributed by atoms with Crippen LogP contribution in [0.3, 0.4) is 0 Å². The Labute approximate surface area is 87.6 Å². The van der Waals surface area contributed by atoms with Gasteiger partial charge in [0.1, 0.15) is 0 Å². The van der Waals surface area contributed by atoms with Crippen LogP contribution in [-0.2, 0) is 0 Å². The Morgan fingerprint density at radius 2 is 1.07 bits per heavy atom. The van der Waals surface area contributed by atoms with Crippen LogP contribution in [0.4, 0.5) is 0 Å². The fraction of sp³-hybridized carbons (Fsp3) is 0.909. The molecule has 0 radical (unpaired) electrons. The molecule has 2 aliphatic heterocycles. The highest BCUT2D eigenvalue weighted by Gasteiger charge is 2.22. The molecule has 0 atom stereocenters. The highest BCUT2D eigenvalue weighted by molar-refractivity contribution is 5.77. The molecule has 2 saturated heterocycles. The second kappa shape index (κ2) is 5.89. The van der Waals surface area contributed by atoms with Crippen molar-refractivity contribution < 1.29 is 0 Å². The van der Waals surface area contributed by atoms with Gasteiger partial charge in [0.05, 0.1) is 0 Å². The SMILES string of the molecule is CC.N=C(N1CCCC1)N1CCCC1. The van der Waals surface area contributed by atoms with E-state index in [1.807, 2.05) is 13.8 Å². The van der Waals surface area contributed by atoms with Gasteiger partial charge in [-0.1, -0.05) is 13.8 Å². The first kappa shape index (κ1) is 11.3. The minimum Gasteiger partial charge on any atom is -0.343 e. The summed E-state index contributed by atoms with van der Waals surface area (Å²) in [6, 6.07) is 0. The molecule has 0 amide bonds. The van der Waals surface area contributed by atoms with Crippen molar-refractivity contribution in [3.63, 3.8) is 0 Å². The van der Waals surface area contributed by atoms with Crippen LogP contribution in [0, 0.1) is 5.41 Å². The summed E-state index contributed by atoms with van der Waals surface area (Å²) in [5.74, 6) is 0.782. The van der Waals surface area contributed by atoms with Crippen LogP contribution < -0.4 is 0 Å². The molecule has 2 rings (SSSR count). The maximum atomic E-state index is 7.94. The summed E-state index contributed by atoms with van der Waals surface area (Å²) in [6.45, 7) is 8.43. The summed E-state index contributed by atoms with van der Waals surface area (Å²) in [6.07, 6.45) is 5.10. The number of nitrogens with one attached hydrogen (secondary N) is 1. The normalized spacial score (nSPS) is 20.7. The first-order valence-corrected chi connectivity index (χ1v) is 5.96. The second-order valence-electron chi connectivity index (χ2n) is 3.71. The lowest BCUT2D eigenvalue weighted by Gasteiger charge is -2.26. The Bertz CT molecular complexity index is 149. The Kier molecular flexibility index (Phi) is 4.77. The number of rotatable bonds is 0. The number of guanidine groups is 1. The van der Waals surface area contributed by atoms with Crippen LogP contribution in [0.2, 0.25) is 0 Å². The minimum absolute atomic E-state index is 0.782. The zero-order valence-corrected chi connectivity index (χ0v) is 9.55. The molecule has 0 spiro atoms. The quantitative estimate of drug-likeness (QED) is 0.476. The van der Waals surface area contributed by atoms with Gasteiger partial charge in [0.2, 0.25) is 0 Å². The van der Waals surface area contributed by atoms with E-state index in [-0.39, 0.29) is 0 Å². The van der Waals surface area contributed by atoms with Gasteiger partial charge in [-0.3, -0.25) is 5.41 Å². The molecule has 0 unspecified atom stereocenters. The summed E-state index contributed by atoms with van der Waals surface area (Å²) < 4.78 is 0. The summed E-state index contributed by atoms with van der Waals surface area (Å²) in [5.41, 5.74) is 0. The summed E-state index contributed by atoms with van der Waals surface area (Å²) in [4.78, 5) is 4.43. The van der Waals surface area contributed by atoms with Gasteiger partial charge in [-0.2, -0.15) is 0 Å². The second-order valence-corrected chi connectivity index (χ2v) is 3.71. The molecule has 0 aromatic heterocycles. The lowest BCUT2D eigenvalue weighted by molar-refractivity contribution is 0.390. The average molecular weight is 197 g/mol. The van der Waals surface area contributed by atoms with E-state index in [1.165, 1.54) is 25.7 Å². The zero-order valence-electron chi connectivity index (χ0n) is 9.55. The molecule has 0 saturated carbocycles. The van der Waals surface area contributed by atoms with Crippen LogP contribution in [0.1, 0.15) is 39.5 Å². The van der Waals surface area contributed by atoms with Crippen LogP contribution >= 0.6 is 0 Å². The summed E-state index contributed by atoms with van der Waals surface area (Å²) in [7, 11) is 0. The van der Waals surface area contributed by atoms with Crippen LogP contribution in [0.15, 0.2) is 0 Å². The van der Waals surface area contributed by atoms with Gasteiger partial charge in [0.15, 0.2) is 5.96 Å². The smallest absolute Gasteiger partial charge is 0.193 e. The first-order valence-electron chi connectivity index (χ1n) is 5.96. The molecule has 3 heteroatoms. The van der Waals surface area contributed by atoms with Crippen molar-refractivity contribution in [2.45, 2.75) is 39.5 Å². The molecule has 2 aliphatic rings. The molecule has 3 nitrogen and oxygen atoms in total. The van der Waals surface area contributed by atoms with Crippen LogP contribution in [0.25, 0.3) is 0 Å². The lowest BCUT2D eigenvalue weighted by Crippen LogP contribution is -2.40. The van der Waals surface area contributed by atoms with Gasteiger partial charge in [0.25, 0.3) is 0 Å². The van der Waals surface area contributed by atoms with Crippen molar-refractivity contribution in [2.24, 2.45) is 0 Å². The molecule has 0 aromatic carbocycles. The monoisotopic (exact) mass is 197 g/mol. The standard InChI is InChI=1S/C9H17N3.C2H6/c10-9(11-5-1-2-6-11)12-7-3-4-8-12;1-2/h10H,1-8H2;1-2H3. The molecular formula is C11H23N3. The van der Waals surface area contributed by atoms with Crippen molar-refractivity contribution in [2.75, 3.05) is 26.2 Å². The molecule has 2 fully saturated rings. The van der Waals surface area contributed by atoms with Gasteiger partial charge < -0.3 is 9.80 Å². The maximum Gasteiger partial charge on any atom is 0.193 e. The van der Waals surface area contributed by atoms with Gasteiger partial charge in [-0.15, -0.1) is 0 Å². The molecular weight excluding hydrogens is 174 g/mol. The van der Waals surface area contributed by atoms with E-state index in [9.17, 15) is 0 Å². The van der Waals surface area contributed by atoms with Gasteiger partial charge >= 0.3 is 0 Å². The number of hydrogen-bond donors (Lipinski definition) is 1. The van der Waals surface area contributed by atoms with Gasteiger partial charge in [0, 0.05) is 26.2 Å². The minimum atomic E-state index is 0.782. The first-order chi connectivity index (χ1) is 6.88. The van der Waals surface area contributed by atoms with Crippen LogP contribution in [0.5, 0.6) is 0 Å². The lowest BCUT2D eigenvalue weighted by atomic mass is 10.4. The van der Waals surface area contributed by atoms with Crippen molar-refractivity contribution in [3.8, 4) is 0 Å². The Hall–Kier alpha value is -0.730. The van der Waals surface area contributed by atoms with Crippen molar-refractivity contribution in [3.05, 3.63) is 0 Å². The fourth-order valence-electron chi connectivity index (χ4n) is 2.06. The summed E-state index contributed by atoms with van der Waals surface area (Å²) >= 11 is 0. The highest BCUT2D eigenvalue weighted by atomic mass is 15.4. The molecule has 1 N–H and O–H groups in total. The summed E-state index contributed by atoms with van der Waals surface area (Å²) in [5, 5.41) is 7.94.